The second-order valence-electron chi connectivity index (χ2n) is 7.39. The number of nitrogens with one attached hydrogen (secondary N) is 1. The van der Waals surface area contributed by atoms with Gasteiger partial charge >= 0.3 is 6.03 Å². The monoisotopic (exact) mass is 387 g/mol. The van der Waals surface area contributed by atoms with Gasteiger partial charge in [-0.2, -0.15) is 0 Å². The fourth-order valence-corrected chi connectivity index (χ4v) is 3.69. The van der Waals surface area contributed by atoms with Gasteiger partial charge in [-0.15, -0.1) is 0 Å². The van der Waals surface area contributed by atoms with Gasteiger partial charge in [-0.05, 0) is 42.8 Å². The van der Waals surface area contributed by atoms with Crippen molar-refractivity contribution in [3.05, 3.63) is 78.8 Å². The normalized spacial score (nSPS) is 16.2. The smallest absolute Gasteiger partial charge is 0.323 e. The van der Waals surface area contributed by atoms with Crippen LogP contribution >= 0.6 is 0 Å². The van der Waals surface area contributed by atoms with Gasteiger partial charge in [0, 0.05) is 49.8 Å². The van der Waals surface area contributed by atoms with Crippen LogP contribution in [-0.2, 0) is 6.54 Å². The van der Waals surface area contributed by atoms with Crippen LogP contribution in [0.2, 0.25) is 0 Å². The molecule has 1 atom stereocenters. The zero-order chi connectivity index (χ0) is 20.1. The zero-order valence-corrected chi connectivity index (χ0v) is 16.5. The standard InChI is InChI=1S/C23H25N5O/c1-27(16-18-6-3-2-4-7-18)21-10-13-28(17-21)23(29)26-22-14-19(9-12-25-22)20-8-5-11-24-15-20/h2-9,11-12,14-15,21H,10,13,16-17H2,1H3,(H,25,26,29). The van der Waals surface area contributed by atoms with Crippen LogP contribution < -0.4 is 5.32 Å². The Balaban J connectivity index is 1.35. The molecule has 1 aromatic carbocycles. The first-order chi connectivity index (χ1) is 14.2. The van der Waals surface area contributed by atoms with E-state index < -0.39 is 0 Å². The lowest BCUT2D eigenvalue weighted by atomic mass is 10.1. The van der Waals surface area contributed by atoms with E-state index in [9.17, 15) is 4.79 Å². The number of carbonyl (C=O) groups excluding carboxylic acids is 1. The van der Waals surface area contributed by atoms with Gasteiger partial charge in [-0.25, -0.2) is 9.78 Å². The van der Waals surface area contributed by atoms with E-state index >= 15 is 0 Å². The third-order valence-electron chi connectivity index (χ3n) is 5.34. The van der Waals surface area contributed by atoms with Crippen molar-refractivity contribution in [1.82, 2.24) is 19.8 Å². The molecule has 6 nitrogen and oxygen atoms in total. The number of anilines is 1. The molecule has 2 aromatic heterocycles. The lowest BCUT2D eigenvalue weighted by molar-refractivity contribution is 0.208. The molecule has 1 unspecified atom stereocenters. The number of hydrogen-bond donors (Lipinski definition) is 1. The second-order valence-corrected chi connectivity index (χ2v) is 7.39. The van der Waals surface area contributed by atoms with Crippen LogP contribution in [0, 0.1) is 0 Å². The molecule has 1 N–H and O–H groups in total. The molecule has 3 heterocycles. The summed E-state index contributed by atoms with van der Waals surface area (Å²) in [5, 5.41) is 2.94. The Morgan fingerprint density at radius 2 is 2.00 bits per heavy atom. The molecule has 1 aliphatic heterocycles. The molecule has 1 aliphatic rings. The van der Waals surface area contributed by atoms with E-state index in [2.05, 4.69) is 51.5 Å². The number of aromatic nitrogens is 2. The molecule has 3 aromatic rings. The van der Waals surface area contributed by atoms with Gasteiger partial charge in [0.2, 0.25) is 0 Å². The van der Waals surface area contributed by atoms with E-state index in [1.54, 1.807) is 18.6 Å². The van der Waals surface area contributed by atoms with Crippen molar-refractivity contribution in [2.45, 2.75) is 19.0 Å². The minimum absolute atomic E-state index is 0.101. The minimum atomic E-state index is -0.101. The van der Waals surface area contributed by atoms with E-state index in [-0.39, 0.29) is 6.03 Å². The summed E-state index contributed by atoms with van der Waals surface area (Å²) in [6.45, 7) is 2.35. The maximum absolute atomic E-state index is 12.7. The van der Waals surface area contributed by atoms with Crippen molar-refractivity contribution in [3.63, 3.8) is 0 Å². The molecule has 0 aliphatic carbocycles. The number of likely N-dealkylation sites (N-methyl/N-ethyl adjacent to an activating group) is 1. The number of urea groups is 1. The van der Waals surface area contributed by atoms with Crippen molar-refractivity contribution in [2.75, 3.05) is 25.5 Å². The Kier molecular flexibility index (Phi) is 5.81. The van der Waals surface area contributed by atoms with E-state index in [1.165, 1.54) is 5.56 Å². The van der Waals surface area contributed by atoms with Gasteiger partial charge in [0.25, 0.3) is 0 Å². The van der Waals surface area contributed by atoms with Crippen LogP contribution in [0.25, 0.3) is 11.1 Å². The number of carbonyl (C=O) groups is 1. The van der Waals surface area contributed by atoms with Crippen LogP contribution in [0.1, 0.15) is 12.0 Å². The van der Waals surface area contributed by atoms with Crippen LogP contribution in [0.15, 0.2) is 73.2 Å². The zero-order valence-electron chi connectivity index (χ0n) is 16.5. The maximum atomic E-state index is 12.7. The number of rotatable bonds is 5. The molecule has 2 amide bonds. The molecule has 29 heavy (non-hydrogen) atoms. The Morgan fingerprint density at radius 1 is 1.14 bits per heavy atom. The first kappa shape index (κ1) is 19.1. The topological polar surface area (TPSA) is 61.4 Å². The highest BCUT2D eigenvalue weighted by atomic mass is 16.2. The summed E-state index contributed by atoms with van der Waals surface area (Å²) in [6, 6.07) is 18.4. The fraction of sp³-hybridized carbons (Fsp3) is 0.261. The Morgan fingerprint density at radius 3 is 2.79 bits per heavy atom. The van der Waals surface area contributed by atoms with Gasteiger partial charge in [0.05, 0.1) is 0 Å². The van der Waals surface area contributed by atoms with Crippen molar-refractivity contribution in [2.24, 2.45) is 0 Å². The molecule has 4 rings (SSSR count). The molecule has 0 spiro atoms. The molecule has 0 radical (unpaired) electrons. The largest absolute Gasteiger partial charge is 0.323 e. The first-order valence-electron chi connectivity index (χ1n) is 9.85. The SMILES string of the molecule is CN(Cc1ccccc1)C1CCN(C(=O)Nc2cc(-c3cccnc3)ccn2)C1. The molecular weight excluding hydrogens is 362 g/mol. The van der Waals surface area contributed by atoms with Gasteiger partial charge < -0.3 is 4.90 Å². The van der Waals surface area contributed by atoms with Gasteiger partial charge in [0.1, 0.15) is 5.82 Å². The number of amides is 2. The quantitative estimate of drug-likeness (QED) is 0.722. The molecule has 6 heteroatoms. The van der Waals surface area contributed by atoms with Crippen molar-refractivity contribution >= 4 is 11.8 Å². The average molecular weight is 387 g/mol. The summed E-state index contributed by atoms with van der Waals surface area (Å²) in [4.78, 5) is 25.4. The number of hydrogen-bond acceptors (Lipinski definition) is 4. The molecule has 0 saturated carbocycles. The number of pyridine rings is 2. The second kappa shape index (κ2) is 8.84. The van der Waals surface area contributed by atoms with Crippen molar-refractivity contribution < 1.29 is 4.79 Å². The summed E-state index contributed by atoms with van der Waals surface area (Å²) >= 11 is 0. The summed E-state index contributed by atoms with van der Waals surface area (Å²) in [5.74, 6) is 0.553. The number of nitrogens with zero attached hydrogens (tertiary/aromatic N) is 4. The minimum Gasteiger partial charge on any atom is -0.323 e. The van der Waals surface area contributed by atoms with Crippen molar-refractivity contribution in [3.8, 4) is 11.1 Å². The molecule has 0 bridgehead atoms. The lowest BCUT2D eigenvalue weighted by Crippen LogP contribution is -2.38. The highest BCUT2D eigenvalue weighted by molar-refractivity contribution is 5.89. The third-order valence-corrected chi connectivity index (χ3v) is 5.34. The van der Waals surface area contributed by atoms with E-state index in [1.807, 2.05) is 35.2 Å². The van der Waals surface area contributed by atoms with Crippen molar-refractivity contribution in [1.29, 1.82) is 0 Å². The van der Waals surface area contributed by atoms with E-state index in [4.69, 9.17) is 0 Å². The Hall–Kier alpha value is -3.25. The summed E-state index contributed by atoms with van der Waals surface area (Å²) < 4.78 is 0. The summed E-state index contributed by atoms with van der Waals surface area (Å²) in [7, 11) is 2.12. The summed E-state index contributed by atoms with van der Waals surface area (Å²) in [6.07, 6.45) is 6.22. The van der Waals surface area contributed by atoms with Gasteiger partial charge in [0.15, 0.2) is 0 Å². The lowest BCUT2D eigenvalue weighted by Gasteiger charge is -2.24. The molecule has 1 saturated heterocycles. The Labute approximate surface area is 171 Å². The average Bonchev–Trinajstić information content (AvgIpc) is 3.26. The van der Waals surface area contributed by atoms with Gasteiger partial charge in [-0.3, -0.25) is 15.2 Å². The van der Waals surface area contributed by atoms with E-state index in [0.717, 1.165) is 37.2 Å². The van der Waals surface area contributed by atoms with Gasteiger partial charge in [-0.1, -0.05) is 36.4 Å². The first-order valence-corrected chi connectivity index (χ1v) is 9.85. The van der Waals surface area contributed by atoms with E-state index in [0.29, 0.717) is 11.9 Å². The molecule has 148 valence electrons. The summed E-state index contributed by atoms with van der Waals surface area (Å²) in [5.41, 5.74) is 3.26. The third kappa shape index (κ3) is 4.78. The fourth-order valence-electron chi connectivity index (χ4n) is 3.69. The highest BCUT2D eigenvalue weighted by Gasteiger charge is 2.29. The predicted octanol–water partition coefficient (Wildman–Crippen LogP) is 3.88. The number of likely N-dealkylation sites (tertiary alicyclic amines) is 1. The van der Waals surface area contributed by atoms with Crippen LogP contribution in [-0.4, -0.2) is 52.0 Å². The van der Waals surface area contributed by atoms with Crippen LogP contribution in [0.5, 0.6) is 0 Å². The highest BCUT2D eigenvalue weighted by Crippen LogP contribution is 2.21. The van der Waals surface area contributed by atoms with Crippen LogP contribution in [0.4, 0.5) is 10.6 Å². The predicted molar refractivity (Wildman–Crippen MR) is 114 cm³/mol. The molecule has 1 fully saturated rings. The maximum Gasteiger partial charge on any atom is 0.323 e. The molecular formula is C23H25N5O. The Bertz CT molecular complexity index is 948. The van der Waals surface area contributed by atoms with Crippen LogP contribution in [0.3, 0.4) is 0 Å². The number of benzene rings is 1.